The molecule has 8 aromatic carbocycles. The molecule has 0 bridgehead atoms. The highest BCUT2D eigenvalue weighted by molar-refractivity contribution is 7.25. The summed E-state index contributed by atoms with van der Waals surface area (Å²) in [5, 5.41) is 4.89. The molecule has 0 atom stereocenters. The van der Waals surface area contributed by atoms with Crippen molar-refractivity contribution >= 4 is 70.5 Å². The number of pyridine rings is 1. The predicted octanol–water partition coefficient (Wildman–Crippen LogP) is 15.0. The van der Waals surface area contributed by atoms with E-state index in [4.69, 9.17) is 4.98 Å². The number of hydrogen-bond donors (Lipinski definition) is 0. The second-order valence-corrected chi connectivity index (χ2v) is 15.7. The zero-order valence-corrected chi connectivity index (χ0v) is 31.6. The molecule has 0 amide bonds. The number of anilines is 3. The Bertz CT molecular complexity index is 3370. The van der Waals surface area contributed by atoms with Crippen LogP contribution in [0.1, 0.15) is 0 Å². The fourth-order valence-electron chi connectivity index (χ4n) is 9.13. The summed E-state index contributed by atoms with van der Waals surface area (Å²) in [6, 6.07) is 72.7. The van der Waals surface area contributed by atoms with Crippen LogP contribution in [0.15, 0.2) is 200 Å². The minimum Gasteiger partial charge on any atom is -0.309 e. The minimum absolute atomic E-state index is 1.02. The van der Waals surface area contributed by atoms with E-state index < -0.39 is 0 Å². The number of benzene rings is 8. The van der Waals surface area contributed by atoms with Crippen LogP contribution in [0.4, 0.5) is 17.1 Å². The Kier molecular flexibility index (Phi) is 7.10. The Hall–Kier alpha value is -7.27. The molecule has 0 spiro atoms. The fourth-order valence-corrected chi connectivity index (χ4v) is 10.2. The van der Waals surface area contributed by atoms with E-state index in [1.807, 2.05) is 0 Å². The van der Waals surface area contributed by atoms with Crippen molar-refractivity contribution in [3.05, 3.63) is 200 Å². The summed E-state index contributed by atoms with van der Waals surface area (Å²) in [6.45, 7) is 0. The quantitative estimate of drug-likeness (QED) is 0.179. The Labute approximate surface area is 334 Å². The van der Waals surface area contributed by atoms with Crippen molar-refractivity contribution in [2.45, 2.75) is 0 Å². The third kappa shape index (κ3) is 4.88. The van der Waals surface area contributed by atoms with Crippen LogP contribution in [0, 0.1) is 0 Å². The molecule has 57 heavy (non-hydrogen) atoms. The van der Waals surface area contributed by atoms with Gasteiger partial charge in [0.15, 0.2) is 0 Å². The number of hydrogen-bond acceptors (Lipinski definition) is 3. The van der Waals surface area contributed by atoms with Gasteiger partial charge >= 0.3 is 0 Å². The summed E-state index contributed by atoms with van der Waals surface area (Å²) in [5.74, 6) is 0. The zero-order chi connectivity index (χ0) is 37.5. The van der Waals surface area contributed by atoms with Crippen LogP contribution in [0.5, 0.6) is 0 Å². The first-order chi connectivity index (χ1) is 28.3. The van der Waals surface area contributed by atoms with Gasteiger partial charge in [-0.15, -0.1) is 11.3 Å². The van der Waals surface area contributed by atoms with Crippen LogP contribution in [0.25, 0.3) is 92.4 Å². The molecule has 0 fully saturated rings. The van der Waals surface area contributed by atoms with E-state index in [2.05, 4.69) is 210 Å². The van der Waals surface area contributed by atoms with Crippen LogP contribution in [0.2, 0.25) is 0 Å². The number of nitrogens with zero attached hydrogens (tertiary/aromatic N) is 3. The largest absolute Gasteiger partial charge is 0.309 e. The van der Waals surface area contributed by atoms with Gasteiger partial charge in [-0.25, -0.2) is 4.98 Å². The van der Waals surface area contributed by atoms with Crippen molar-refractivity contribution in [2.75, 3.05) is 4.90 Å². The zero-order valence-electron chi connectivity index (χ0n) is 30.8. The monoisotopic (exact) mass is 743 g/mol. The molecule has 0 saturated carbocycles. The molecule has 0 aliphatic carbocycles. The van der Waals surface area contributed by atoms with Gasteiger partial charge in [0.1, 0.15) is 4.83 Å². The summed E-state index contributed by atoms with van der Waals surface area (Å²) >= 11 is 1.77. The van der Waals surface area contributed by atoms with E-state index in [0.717, 1.165) is 38.7 Å². The first-order valence-corrected chi connectivity index (χ1v) is 20.2. The van der Waals surface area contributed by atoms with Gasteiger partial charge in [0.25, 0.3) is 0 Å². The standard InChI is InChI=1S/C53H33N3S/c1-2-19-37(20-3-1)56-46-29-11-6-24-41(46)50-40-23-5-10-28-45(40)55(47-30-12-7-25-42(47)52(50)56)38-21-15-17-35(33-38)34-16-14-18-36(32-34)49-39-22-4-9-27-44(39)54-53-51(49)43-26-8-13-31-48(43)57-53/h1-33H. The Balaban J connectivity index is 1.06. The minimum atomic E-state index is 1.02. The number of fused-ring (bicyclic) bond motifs is 11. The van der Waals surface area contributed by atoms with Crippen molar-refractivity contribution < 1.29 is 0 Å². The summed E-state index contributed by atoms with van der Waals surface area (Å²) in [4.78, 5) is 8.68. The summed E-state index contributed by atoms with van der Waals surface area (Å²) in [5.41, 5.74) is 16.4. The molecule has 4 heterocycles. The molecule has 3 nitrogen and oxygen atoms in total. The van der Waals surface area contributed by atoms with Crippen LogP contribution < -0.4 is 4.90 Å². The molecule has 266 valence electrons. The van der Waals surface area contributed by atoms with E-state index >= 15 is 0 Å². The molecule has 1 aliphatic heterocycles. The van der Waals surface area contributed by atoms with Crippen molar-refractivity contribution in [3.63, 3.8) is 0 Å². The summed E-state index contributed by atoms with van der Waals surface area (Å²) in [7, 11) is 0. The first kappa shape index (κ1) is 32.0. The van der Waals surface area contributed by atoms with E-state index in [-0.39, 0.29) is 0 Å². The molecule has 0 radical (unpaired) electrons. The van der Waals surface area contributed by atoms with Crippen molar-refractivity contribution in [1.82, 2.24) is 9.55 Å². The van der Waals surface area contributed by atoms with Gasteiger partial charge in [-0.3, -0.25) is 0 Å². The molecule has 1 aliphatic rings. The lowest BCUT2D eigenvalue weighted by Gasteiger charge is -2.28. The smallest absolute Gasteiger partial charge is 0.125 e. The maximum atomic E-state index is 5.15. The van der Waals surface area contributed by atoms with Gasteiger partial charge in [-0.05, 0) is 77.4 Å². The van der Waals surface area contributed by atoms with Crippen LogP contribution >= 0.6 is 11.3 Å². The van der Waals surface area contributed by atoms with Gasteiger partial charge in [0, 0.05) is 59.9 Å². The summed E-state index contributed by atoms with van der Waals surface area (Å²) in [6.07, 6.45) is 0. The average Bonchev–Trinajstić information content (AvgIpc) is 3.78. The molecule has 0 N–H and O–H groups in total. The van der Waals surface area contributed by atoms with Gasteiger partial charge < -0.3 is 9.47 Å². The molecule has 3 aromatic heterocycles. The maximum absolute atomic E-state index is 5.15. The average molecular weight is 744 g/mol. The third-order valence-electron chi connectivity index (χ3n) is 11.5. The van der Waals surface area contributed by atoms with Crippen molar-refractivity contribution in [2.24, 2.45) is 0 Å². The third-order valence-corrected chi connectivity index (χ3v) is 12.6. The molecule has 0 unspecified atom stereocenters. The molecule has 11 aromatic rings. The highest BCUT2D eigenvalue weighted by Gasteiger charge is 2.31. The number of para-hydroxylation sites is 5. The molecule has 12 rings (SSSR count). The topological polar surface area (TPSA) is 21.1 Å². The Morgan fingerprint density at radius 3 is 1.89 bits per heavy atom. The second-order valence-electron chi connectivity index (χ2n) is 14.7. The van der Waals surface area contributed by atoms with Crippen LogP contribution in [0.3, 0.4) is 0 Å². The van der Waals surface area contributed by atoms with Crippen molar-refractivity contribution in [3.8, 4) is 50.3 Å². The van der Waals surface area contributed by atoms with E-state index in [1.54, 1.807) is 11.3 Å². The lowest BCUT2D eigenvalue weighted by atomic mass is 9.93. The molecular formula is C53H33N3S. The van der Waals surface area contributed by atoms with Gasteiger partial charge in [0.2, 0.25) is 0 Å². The van der Waals surface area contributed by atoms with Gasteiger partial charge in [0.05, 0.1) is 28.1 Å². The SMILES string of the molecule is c1ccc(-n2c3c(c4ccccc42)-c2ccccc2N(c2cccc(-c4cccc(-c5c6ccccc6nc6sc7ccccc7c56)c4)c2)c2ccccc2-3)cc1. The van der Waals surface area contributed by atoms with E-state index in [9.17, 15) is 0 Å². The number of thiophene rings is 1. The van der Waals surface area contributed by atoms with Crippen LogP contribution in [-0.2, 0) is 0 Å². The first-order valence-electron chi connectivity index (χ1n) is 19.4. The molecular weight excluding hydrogens is 711 g/mol. The van der Waals surface area contributed by atoms with Gasteiger partial charge in [-0.2, -0.15) is 0 Å². The molecule has 4 heteroatoms. The van der Waals surface area contributed by atoms with Crippen LogP contribution in [-0.4, -0.2) is 9.55 Å². The number of rotatable bonds is 4. The lowest BCUT2D eigenvalue weighted by molar-refractivity contribution is 1.13. The van der Waals surface area contributed by atoms with E-state index in [0.29, 0.717) is 0 Å². The van der Waals surface area contributed by atoms with Crippen molar-refractivity contribution in [1.29, 1.82) is 0 Å². The normalized spacial score (nSPS) is 12.2. The maximum Gasteiger partial charge on any atom is 0.125 e. The fraction of sp³-hybridized carbons (Fsp3) is 0. The Morgan fingerprint density at radius 1 is 0.421 bits per heavy atom. The number of aromatic nitrogens is 2. The predicted molar refractivity (Wildman–Crippen MR) is 241 cm³/mol. The lowest BCUT2D eigenvalue weighted by Crippen LogP contribution is -2.11. The Morgan fingerprint density at radius 2 is 1.04 bits per heavy atom. The highest BCUT2D eigenvalue weighted by atomic mass is 32.1. The summed E-state index contributed by atoms with van der Waals surface area (Å²) < 4.78 is 3.71. The highest BCUT2D eigenvalue weighted by Crippen LogP contribution is 2.54. The van der Waals surface area contributed by atoms with Gasteiger partial charge in [-0.1, -0.05) is 140 Å². The van der Waals surface area contributed by atoms with E-state index in [1.165, 1.54) is 70.8 Å². The molecule has 0 saturated heterocycles. The second kappa shape index (κ2) is 12.6.